The highest BCUT2D eigenvalue weighted by Crippen LogP contribution is 2.45. The lowest BCUT2D eigenvalue weighted by Gasteiger charge is -2.42. The van der Waals surface area contributed by atoms with Crippen molar-refractivity contribution in [1.82, 2.24) is 19.9 Å². The summed E-state index contributed by atoms with van der Waals surface area (Å²) >= 11 is 0. The molecule has 6 bridgehead atoms. The Labute approximate surface area is 253 Å². The molecule has 4 aliphatic heterocycles. The lowest BCUT2D eigenvalue weighted by atomic mass is 9.78. The van der Waals surface area contributed by atoms with Gasteiger partial charge < -0.3 is 28.8 Å². The Kier molecular flexibility index (Phi) is 7.31. The second-order valence-corrected chi connectivity index (χ2v) is 11.9. The molecule has 1 N–H and O–H groups in total. The number of alkyl halides is 1. The summed E-state index contributed by atoms with van der Waals surface area (Å²) in [6.45, 7) is 3.17. The number of carbonyl (C=O) groups is 2. The number of ether oxygens (including phenoxy) is 2. The van der Waals surface area contributed by atoms with Crippen LogP contribution in [0.25, 0.3) is 22.1 Å². The van der Waals surface area contributed by atoms with Crippen LogP contribution in [0.2, 0.25) is 0 Å². The monoisotopic (exact) mass is 603 g/mol. The first-order valence-electron chi connectivity index (χ1n) is 15.2. The van der Waals surface area contributed by atoms with Gasteiger partial charge in [-0.15, -0.1) is 0 Å². The standard InChI is InChI=1S/C32H34FN5O6/c1-19-17-37-13-11-32(19,33)22-7-4-12-34-30(22)43-20-16-23(31(40)41)38(18-20)29-28-27(21-6-2-3-8-24(21)44-28)35-25(36-29)9-5-14-42-15-10-26(37)39/h2-4,6-8,12,19-20,23H,5,9-11,13-18H2,1H3,(H,40,41)/t19-,20-,23-,32+/m0/s1. The molecule has 0 aliphatic carbocycles. The van der Waals surface area contributed by atoms with Crippen LogP contribution in [0.15, 0.2) is 47.0 Å². The van der Waals surface area contributed by atoms with Gasteiger partial charge in [0.2, 0.25) is 11.8 Å². The number of carboxylic acids is 1. The average molecular weight is 604 g/mol. The lowest BCUT2D eigenvalue weighted by molar-refractivity contribution is -0.139. The van der Waals surface area contributed by atoms with E-state index in [1.807, 2.05) is 24.3 Å². The highest BCUT2D eigenvalue weighted by molar-refractivity contribution is 6.06. The minimum absolute atomic E-state index is 0.0630. The van der Waals surface area contributed by atoms with Crippen molar-refractivity contribution in [2.24, 2.45) is 5.92 Å². The SMILES string of the molecule is C[C@H]1CN2CC[C@]1(F)c1cccnc1O[C@H]1C[C@@H](C(=O)O)N(C1)c1nc(nc3c1oc1ccccc13)CCCOCCC2=O. The van der Waals surface area contributed by atoms with E-state index in [-0.39, 0.29) is 57.3 Å². The number of rotatable bonds is 1. The number of anilines is 1. The van der Waals surface area contributed by atoms with Gasteiger partial charge in [0.1, 0.15) is 34.7 Å². The molecule has 0 spiro atoms. The maximum atomic E-state index is 16.8. The second kappa shape index (κ2) is 11.3. The number of hydrogen-bond donors (Lipinski definition) is 1. The number of para-hydroxylation sites is 1. The summed E-state index contributed by atoms with van der Waals surface area (Å²) in [5.41, 5.74) is 0.170. The van der Waals surface area contributed by atoms with E-state index in [4.69, 9.17) is 23.9 Å². The maximum Gasteiger partial charge on any atom is 0.326 e. The summed E-state index contributed by atoms with van der Waals surface area (Å²) in [5.74, 6) is -0.549. The smallest absolute Gasteiger partial charge is 0.326 e. The van der Waals surface area contributed by atoms with Crippen LogP contribution >= 0.6 is 0 Å². The predicted octanol–water partition coefficient (Wildman–Crippen LogP) is 4.27. The van der Waals surface area contributed by atoms with Crippen LogP contribution in [-0.2, 0) is 26.4 Å². The van der Waals surface area contributed by atoms with Gasteiger partial charge in [-0.05, 0) is 30.7 Å². The molecule has 3 aromatic heterocycles. The number of carbonyl (C=O) groups excluding carboxylic acids is 1. The molecule has 4 aliphatic rings. The van der Waals surface area contributed by atoms with Crippen molar-refractivity contribution in [3.63, 3.8) is 0 Å². The molecule has 1 aromatic carbocycles. The van der Waals surface area contributed by atoms with Crippen molar-refractivity contribution in [2.45, 2.75) is 56.8 Å². The number of amides is 1. The van der Waals surface area contributed by atoms with Crippen LogP contribution in [0.4, 0.5) is 10.2 Å². The van der Waals surface area contributed by atoms with Crippen molar-refractivity contribution in [3.05, 3.63) is 54.0 Å². The fourth-order valence-electron chi connectivity index (χ4n) is 6.73. The fourth-order valence-corrected chi connectivity index (χ4v) is 6.73. The molecule has 0 radical (unpaired) electrons. The molecule has 44 heavy (non-hydrogen) atoms. The van der Waals surface area contributed by atoms with Crippen LogP contribution in [0.1, 0.15) is 44.0 Å². The van der Waals surface area contributed by atoms with Gasteiger partial charge in [0.25, 0.3) is 0 Å². The molecule has 4 atom stereocenters. The number of pyridine rings is 1. The Morgan fingerprint density at radius 2 is 1.98 bits per heavy atom. The normalized spacial score (nSPS) is 26.5. The van der Waals surface area contributed by atoms with Gasteiger partial charge in [-0.25, -0.2) is 24.1 Å². The highest BCUT2D eigenvalue weighted by Gasteiger charge is 2.47. The minimum Gasteiger partial charge on any atom is -0.480 e. The summed E-state index contributed by atoms with van der Waals surface area (Å²) in [4.78, 5) is 43.0. The molecule has 11 nitrogen and oxygen atoms in total. The van der Waals surface area contributed by atoms with E-state index in [1.54, 1.807) is 35.1 Å². The molecule has 0 saturated carbocycles. The Bertz CT molecular complexity index is 1730. The van der Waals surface area contributed by atoms with Gasteiger partial charge in [0.05, 0.1) is 25.1 Å². The van der Waals surface area contributed by atoms with E-state index < -0.39 is 29.7 Å². The van der Waals surface area contributed by atoms with E-state index in [2.05, 4.69) is 4.98 Å². The quantitative estimate of drug-likeness (QED) is 0.337. The molecule has 1 amide bonds. The van der Waals surface area contributed by atoms with Crippen molar-refractivity contribution in [3.8, 4) is 5.88 Å². The number of fused-ring (bicyclic) bond motifs is 11. The fraction of sp³-hybridized carbons (Fsp3) is 0.469. The molecular formula is C32H34FN5O6. The van der Waals surface area contributed by atoms with Crippen molar-refractivity contribution in [2.75, 3.05) is 37.7 Å². The van der Waals surface area contributed by atoms with E-state index in [9.17, 15) is 14.7 Å². The molecule has 8 rings (SSSR count). The zero-order chi connectivity index (χ0) is 30.4. The second-order valence-electron chi connectivity index (χ2n) is 11.9. The number of furan rings is 1. The van der Waals surface area contributed by atoms with Gasteiger partial charge in [0, 0.05) is 56.5 Å². The topological polar surface area (TPSA) is 131 Å². The van der Waals surface area contributed by atoms with Gasteiger partial charge >= 0.3 is 5.97 Å². The van der Waals surface area contributed by atoms with E-state index in [1.165, 1.54) is 0 Å². The molecule has 7 heterocycles. The molecular weight excluding hydrogens is 569 g/mol. The number of nitrogens with zero attached hydrogens (tertiary/aromatic N) is 5. The van der Waals surface area contributed by atoms with Crippen LogP contribution in [0, 0.1) is 5.92 Å². The zero-order valence-electron chi connectivity index (χ0n) is 24.4. The van der Waals surface area contributed by atoms with E-state index >= 15 is 4.39 Å². The Balaban J connectivity index is 1.30. The number of hydrogen-bond acceptors (Lipinski definition) is 9. The van der Waals surface area contributed by atoms with Crippen molar-refractivity contribution < 1.29 is 33.0 Å². The van der Waals surface area contributed by atoms with Crippen molar-refractivity contribution >= 4 is 39.8 Å². The first-order valence-corrected chi connectivity index (χ1v) is 15.2. The van der Waals surface area contributed by atoms with Crippen molar-refractivity contribution in [1.29, 1.82) is 0 Å². The number of halogens is 1. The van der Waals surface area contributed by atoms with Crippen LogP contribution in [-0.4, -0.2) is 81.8 Å². The van der Waals surface area contributed by atoms with E-state index in [0.717, 1.165) is 5.39 Å². The average Bonchev–Trinajstić information content (AvgIpc) is 3.61. The third kappa shape index (κ3) is 5.00. The molecule has 12 heteroatoms. The lowest BCUT2D eigenvalue weighted by Crippen LogP contribution is -2.49. The van der Waals surface area contributed by atoms with Gasteiger partial charge in [-0.3, -0.25) is 4.79 Å². The number of benzene rings is 1. The van der Waals surface area contributed by atoms with Gasteiger partial charge in [-0.1, -0.05) is 19.1 Å². The highest BCUT2D eigenvalue weighted by atomic mass is 19.1. The van der Waals surface area contributed by atoms with Crippen LogP contribution in [0.5, 0.6) is 5.88 Å². The minimum atomic E-state index is -1.77. The zero-order valence-corrected chi connectivity index (χ0v) is 24.4. The predicted molar refractivity (Wildman–Crippen MR) is 158 cm³/mol. The van der Waals surface area contributed by atoms with E-state index in [0.29, 0.717) is 53.3 Å². The number of aliphatic carboxylic acids is 1. The third-order valence-electron chi connectivity index (χ3n) is 9.09. The summed E-state index contributed by atoms with van der Waals surface area (Å²) < 4.78 is 35.2. The number of aromatic nitrogens is 3. The first kappa shape index (κ1) is 28.5. The van der Waals surface area contributed by atoms with Crippen LogP contribution < -0.4 is 9.64 Å². The Hall–Kier alpha value is -4.32. The number of carboxylic acid groups (broad SMARTS) is 1. The van der Waals surface area contributed by atoms with Gasteiger partial charge in [-0.2, -0.15) is 0 Å². The summed E-state index contributed by atoms with van der Waals surface area (Å²) in [6, 6.07) is 9.90. The Morgan fingerprint density at radius 1 is 1.11 bits per heavy atom. The Morgan fingerprint density at radius 3 is 2.82 bits per heavy atom. The molecule has 2 fully saturated rings. The van der Waals surface area contributed by atoms with Crippen LogP contribution in [0.3, 0.4) is 0 Å². The molecule has 2 saturated heterocycles. The number of piperidine rings is 1. The molecule has 4 aromatic rings. The summed E-state index contributed by atoms with van der Waals surface area (Å²) in [7, 11) is 0. The maximum absolute atomic E-state index is 16.8. The summed E-state index contributed by atoms with van der Waals surface area (Å²) in [5, 5.41) is 11.1. The molecule has 230 valence electrons. The number of aryl methyl sites for hydroxylation is 1. The third-order valence-corrected chi connectivity index (χ3v) is 9.09. The van der Waals surface area contributed by atoms with Gasteiger partial charge in [0.15, 0.2) is 11.4 Å². The molecule has 0 unspecified atom stereocenters. The summed E-state index contributed by atoms with van der Waals surface area (Å²) in [6.07, 6.45) is 2.48. The first-order chi connectivity index (χ1) is 21.3. The largest absolute Gasteiger partial charge is 0.480 e.